The molecule has 0 fully saturated rings. The third kappa shape index (κ3) is 23.2. The molecule has 3 heteroatoms. The van der Waals surface area contributed by atoms with E-state index in [1.165, 1.54) is 83.5 Å². The van der Waals surface area contributed by atoms with Crippen molar-refractivity contribution in [3.63, 3.8) is 0 Å². The second-order valence-corrected chi connectivity index (χ2v) is 7.26. The average Bonchev–Trinajstić information content (AvgIpc) is 2.66. The lowest BCUT2D eigenvalue weighted by Crippen LogP contribution is -1.98. The van der Waals surface area contributed by atoms with Crippen molar-refractivity contribution in [3.8, 4) is 0 Å². The molecule has 0 unspecified atom stereocenters. The molecule has 0 aliphatic carbocycles. The minimum Gasteiger partial charge on any atom is -0.475 e. The van der Waals surface area contributed by atoms with Gasteiger partial charge in [-0.15, -0.1) is 0 Å². The van der Waals surface area contributed by atoms with Gasteiger partial charge in [-0.1, -0.05) is 84.0 Å². The maximum Gasteiger partial charge on any atom is 0.188 e. The molecule has 0 radical (unpaired) electrons. The second-order valence-electron chi connectivity index (χ2n) is 7.26. The Hall–Kier alpha value is -0.830. The first-order chi connectivity index (χ1) is 12.9. The lowest BCUT2D eigenvalue weighted by atomic mass is 10.1. The highest BCUT2D eigenvalue weighted by Crippen LogP contribution is 2.10. The van der Waals surface area contributed by atoms with Gasteiger partial charge >= 0.3 is 0 Å². The SMILES string of the molecule is CCCCCCCCCCOCOC=CCCCCCCCCCC=O. The van der Waals surface area contributed by atoms with Gasteiger partial charge in [-0.2, -0.15) is 0 Å². The molecule has 0 aromatic carbocycles. The highest BCUT2D eigenvalue weighted by atomic mass is 16.7. The Kier molecular flexibility index (Phi) is 23.4. The van der Waals surface area contributed by atoms with Crippen LogP contribution in [0.1, 0.15) is 116 Å². The third-order valence-corrected chi connectivity index (χ3v) is 4.68. The Morgan fingerprint density at radius 2 is 1.19 bits per heavy atom. The number of unbranched alkanes of at least 4 members (excludes halogenated alkanes) is 15. The molecule has 0 aliphatic heterocycles. The van der Waals surface area contributed by atoms with Crippen molar-refractivity contribution in [2.45, 2.75) is 116 Å². The van der Waals surface area contributed by atoms with Crippen LogP contribution in [0, 0.1) is 0 Å². The summed E-state index contributed by atoms with van der Waals surface area (Å²) in [7, 11) is 0. The van der Waals surface area contributed by atoms with Crippen LogP contribution in [0.15, 0.2) is 12.3 Å². The van der Waals surface area contributed by atoms with E-state index in [1.54, 1.807) is 6.26 Å². The largest absolute Gasteiger partial charge is 0.475 e. The third-order valence-electron chi connectivity index (χ3n) is 4.68. The number of allylic oxidation sites excluding steroid dienone is 1. The monoisotopic (exact) mass is 368 g/mol. The molecular formula is C23H44O3. The summed E-state index contributed by atoms with van der Waals surface area (Å²) >= 11 is 0. The predicted octanol–water partition coefficient (Wildman–Crippen LogP) is 7.34. The van der Waals surface area contributed by atoms with Gasteiger partial charge in [0.05, 0.1) is 12.9 Å². The van der Waals surface area contributed by atoms with Crippen LogP contribution in [-0.4, -0.2) is 19.7 Å². The van der Waals surface area contributed by atoms with Crippen molar-refractivity contribution in [3.05, 3.63) is 12.3 Å². The molecule has 0 spiro atoms. The summed E-state index contributed by atoms with van der Waals surface area (Å²) in [6.45, 7) is 3.46. The summed E-state index contributed by atoms with van der Waals surface area (Å²) in [5.41, 5.74) is 0. The Bertz CT molecular complexity index is 289. The minimum absolute atomic E-state index is 0.383. The van der Waals surface area contributed by atoms with Crippen molar-refractivity contribution in [1.29, 1.82) is 0 Å². The summed E-state index contributed by atoms with van der Waals surface area (Å²) in [6, 6.07) is 0. The molecule has 0 aliphatic rings. The standard InChI is InChI=1S/C23H44O3/c1-2-3-4-5-6-12-15-18-21-25-23-26-22-19-16-13-10-8-7-9-11-14-17-20-24/h19-20,22H,2-18,21,23H2,1H3. The molecule has 0 saturated carbocycles. The number of aldehydes is 1. The molecule has 3 nitrogen and oxygen atoms in total. The molecule has 0 aromatic rings. The zero-order chi connectivity index (χ0) is 19.0. The van der Waals surface area contributed by atoms with Gasteiger partial charge in [0.15, 0.2) is 6.79 Å². The summed E-state index contributed by atoms with van der Waals surface area (Å²) in [5.74, 6) is 0. The fourth-order valence-electron chi connectivity index (χ4n) is 2.99. The normalized spacial score (nSPS) is 11.3. The number of rotatable bonds is 22. The highest BCUT2D eigenvalue weighted by molar-refractivity contribution is 5.48. The summed E-state index contributed by atoms with van der Waals surface area (Å²) in [5, 5.41) is 0. The zero-order valence-corrected chi connectivity index (χ0v) is 17.4. The minimum atomic E-state index is 0.383. The maximum absolute atomic E-state index is 10.2. The average molecular weight is 369 g/mol. The Balaban J connectivity index is 3.05. The molecule has 154 valence electrons. The Labute approximate surface area is 162 Å². The molecule has 0 bridgehead atoms. The fraction of sp³-hybridized carbons (Fsp3) is 0.870. The molecule has 0 rings (SSSR count). The maximum atomic E-state index is 10.2. The van der Waals surface area contributed by atoms with Gasteiger partial charge in [0, 0.05) is 6.42 Å². The van der Waals surface area contributed by atoms with E-state index in [9.17, 15) is 4.79 Å². The van der Waals surface area contributed by atoms with Gasteiger partial charge in [0.2, 0.25) is 0 Å². The number of carbonyl (C=O) groups excluding carboxylic acids is 1. The van der Waals surface area contributed by atoms with Crippen molar-refractivity contribution in [2.24, 2.45) is 0 Å². The van der Waals surface area contributed by atoms with Crippen LogP contribution in [0.3, 0.4) is 0 Å². The van der Waals surface area contributed by atoms with E-state index in [4.69, 9.17) is 9.47 Å². The van der Waals surface area contributed by atoms with E-state index in [0.717, 1.165) is 38.6 Å². The summed E-state index contributed by atoms with van der Waals surface area (Å²) in [4.78, 5) is 10.2. The predicted molar refractivity (Wildman–Crippen MR) is 111 cm³/mol. The van der Waals surface area contributed by atoms with Crippen molar-refractivity contribution < 1.29 is 14.3 Å². The lowest BCUT2D eigenvalue weighted by Gasteiger charge is -2.04. The molecule has 0 N–H and O–H groups in total. The van der Waals surface area contributed by atoms with Crippen LogP contribution in [0.25, 0.3) is 0 Å². The van der Waals surface area contributed by atoms with E-state index >= 15 is 0 Å². The zero-order valence-electron chi connectivity index (χ0n) is 17.4. The van der Waals surface area contributed by atoms with Crippen molar-refractivity contribution >= 4 is 6.29 Å². The topological polar surface area (TPSA) is 35.5 Å². The van der Waals surface area contributed by atoms with Crippen LogP contribution < -0.4 is 0 Å². The van der Waals surface area contributed by atoms with Crippen molar-refractivity contribution in [1.82, 2.24) is 0 Å². The molecule has 0 saturated heterocycles. The van der Waals surface area contributed by atoms with Gasteiger partial charge in [-0.05, 0) is 31.8 Å². The number of hydrogen-bond acceptors (Lipinski definition) is 3. The fourth-order valence-corrected chi connectivity index (χ4v) is 2.99. The second kappa shape index (κ2) is 24.2. The van der Waals surface area contributed by atoms with E-state index in [1.807, 2.05) is 0 Å². The van der Waals surface area contributed by atoms with Crippen LogP contribution >= 0.6 is 0 Å². The van der Waals surface area contributed by atoms with Crippen LogP contribution in [0.5, 0.6) is 0 Å². The summed E-state index contributed by atoms with van der Waals surface area (Å²) in [6.07, 6.45) is 26.0. The lowest BCUT2D eigenvalue weighted by molar-refractivity contribution is -0.107. The van der Waals surface area contributed by atoms with Crippen molar-refractivity contribution in [2.75, 3.05) is 13.4 Å². The van der Waals surface area contributed by atoms with Gasteiger partial charge in [0.1, 0.15) is 6.29 Å². The highest BCUT2D eigenvalue weighted by Gasteiger charge is 1.93. The number of carbonyl (C=O) groups is 1. The Morgan fingerprint density at radius 3 is 1.81 bits per heavy atom. The quantitative estimate of drug-likeness (QED) is 0.0867. The van der Waals surface area contributed by atoms with Gasteiger partial charge < -0.3 is 14.3 Å². The van der Waals surface area contributed by atoms with Gasteiger partial charge in [-0.3, -0.25) is 0 Å². The molecular weight excluding hydrogens is 324 g/mol. The molecule has 0 atom stereocenters. The molecule has 0 aromatic heterocycles. The smallest absolute Gasteiger partial charge is 0.188 e. The van der Waals surface area contributed by atoms with E-state index in [0.29, 0.717) is 6.79 Å². The Morgan fingerprint density at radius 1 is 0.654 bits per heavy atom. The number of hydrogen-bond donors (Lipinski definition) is 0. The van der Waals surface area contributed by atoms with E-state index in [-0.39, 0.29) is 0 Å². The molecule has 0 amide bonds. The first-order valence-corrected chi connectivity index (χ1v) is 11.2. The first-order valence-electron chi connectivity index (χ1n) is 11.2. The summed E-state index contributed by atoms with van der Waals surface area (Å²) < 4.78 is 10.8. The van der Waals surface area contributed by atoms with Crippen LogP contribution in [-0.2, 0) is 14.3 Å². The van der Waals surface area contributed by atoms with E-state index < -0.39 is 0 Å². The first kappa shape index (κ1) is 25.2. The van der Waals surface area contributed by atoms with Crippen LogP contribution in [0.4, 0.5) is 0 Å². The van der Waals surface area contributed by atoms with Gasteiger partial charge in [-0.25, -0.2) is 0 Å². The van der Waals surface area contributed by atoms with Gasteiger partial charge in [0.25, 0.3) is 0 Å². The molecule has 26 heavy (non-hydrogen) atoms. The van der Waals surface area contributed by atoms with E-state index in [2.05, 4.69) is 13.0 Å². The van der Waals surface area contributed by atoms with Crippen LogP contribution in [0.2, 0.25) is 0 Å². The number of ether oxygens (including phenoxy) is 2. The molecule has 0 heterocycles.